The highest BCUT2D eigenvalue weighted by Gasteiger charge is 2.40. The Hall–Kier alpha value is -2.37. The van der Waals surface area contributed by atoms with E-state index in [1.54, 1.807) is 0 Å². The van der Waals surface area contributed by atoms with Crippen molar-refractivity contribution in [2.24, 2.45) is 0 Å². The van der Waals surface area contributed by atoms with Crippen molar-refractivity contribution in [3.63, 3.8) is 0 Å². The zero-order valence-corrected chi connectivity index (χ0v) is 18.9. The number of ether oxygens (including phenoxy) is 1. The third-order valence-corrected chi connectivity index (χ3v) is 7.36. The average Bonchev–Trinajstić information content (AvgIpc) is 3.46. The van der Waals surface area contributed by atoms with Crippen molar-refractivity contribution in [1.29, 1.82) is 0 Å². The van der Waals surface area contributed by atoms with Crippen LogP contribution in [-0.4, -0.2) is 60.6 Å². The third-order valence-electron chi connectivity index (χ3n) is 7.36. The van der Waals surface area contributed by atoms with Gasteiger partial charge in [0.1, 0.15) is 12.4 Å². The molecule has 5 nitrogen and oxygen atoms in total. The van der Waals surface area contributed by atoms with Crippen LogP contribution >= 0.6 is 0 Å². The Bertz CT molecular complexity index is 880. The number of nitrogens with zero attached hydrogens (tertiary/aromatic N) is 2. The summed E-state index contributed by atoms with van der Waals surface area (Å²) >= 11 is 0. The lowest BCUT2D eigenvalue weighted by molar-refractivity contribution is 0.0677. The highest BCUT2D eigenvalue weighted by Crippen LogP contribution is 2.34. The van der Waals surface area contributed by atoms with E-state index in [0.717, 1.165) is 43.7 Å². The SMILES string of the molecule is O=C(c1ccc(OCCN2CCCC2)cc1)N1CCCC[C@@H]2N[C@H](c3ccccc3)C[C@H]21. The Balaban J connectivity index is 1.22. The maximum Gasteiger partial charge on any atom is 0.254 e. The van der Waals surface area contributed by atoms with E-state index in [2.05, 4.69) is 45.4 Å². The van der Waals surface area contributed by atoms with Gasteiger partial charge in [-0.25, -0.2) is 0 Å². The van der Waals surface area contributed by atoms with Crippen LogP contribution in [0.4, 0.5) is 0 Å². The quantitative estimate of drug-likeness (QED) is 0.739. The number of rotatable bonds is 6. The summed E-state index contributed by atoms with van der Waals surface area (Å²) in [7, 11) is 0. The molecule has 1 N–H and O–H groups in total. The Kier molecular flexibility index (Phi) is 6.75. The number of fused-ring (bicyclic) bond motifs is 1. The van der Waals surface area contributed by atoms with E-state index in [4.69, 9.17) is 4.74 Å². The molecule has 3 saturated heterocycles. The molecule has 3 heterocycles. The molecule has 2 aromatic carbocycles. The highest BCUT2D eigenvalue weighted by molar-refractivity contribution is 5.94. The monoisotopic (exact) mass is 433 g/mol. The van der Waals surface area contributed by atoms with E-state index in [1.165, 1.54) is 37.9 Å². The van der Waals surface area contributed by atoms with Gasteiger partial charge in [0, 0.05) is 36.8 Å². The molecule has 0 bridgehead atoms. The lowest BCUT2D eigenvalue weighted by Crippen LogP contribution is -2.45. The van der Waals surface area contributed by atoms with E-state index in [-0.39, 0.29) is 11.9 Å². The standard InChI is InChI=1S/C27H35N3O2/c31-27(22-11-13-23(14-12-22)32-19-18-29-15-6-7-16-29)30-17-5-4-10-24-26(30)20-25(28-24)21-8-2-1-3-9-21/h1-3,8-9,11-14,24-26,28H,4-7,10,15-20H2/t24-,25-,26+/m0/s1. The van der Waals surface area contributed by atoms with Crippen LogP contribution in [0.25, 0.3) is 0 Å². The summed E-state index contributed by atoms with van der Waals surface area (Å²) in [4.78, 5) is 18.1. The first-order chi connectivity index (χ1) is 15.8. The van der Waals surface area contributed by atoms with Gasteiger partial charge in [-0.2, -0.15) is 0 Å². The molecule has 3 aliphatic rings. The summed E-state index contributed by atoms with van der Waals surface area (Å²) in [6.45, 7) is 4.91. The van der Waals surface area contributed by atoms with Crippen molar-refractivity contribution in [2.45, 2.75) is 56.7 Å². The van der Waals surface area contributed by atoms with Gasteiger partial charge < -0.3 is 15.0 Å². The fraction of sp³-hybridized carbons (Fsp3) is 0.519. The second kappa shape index (κ2) is 10.1. The summed E-state index contributed by atoms with van der Waals surface area (Å²) in [5, 5.41) is 3.82. The summed E-state index contributed by atoms with van der Waals surface area (Å²) in [6.07, 6.45) is 6.98. The van der Waals surface area contributed by atoms with Gasteiger partial charge in [-0.3, -0.25) is 9.69 Å². The molecule has 3 aliphatic heterocycles. The average molecular weight is 434 g/mol. The van der Waals surface area contributed by atoms with Crippen LogP contribution in [0.2, 0.25) is 0 Å². The zero-order chi connectivity index (χ0) is 21.8. The van der Waals surface area contributed by atoms with Crippen LogP contribution in [0.3, 0.4) is 0 Å². The Morgan fingerprint density at radius 1 is 0.938 bits per heavy atom. The Morgan fingerprint density at radius 2 is 1.69 bits per heavy atom. The molecule has 5 rings (SSSR count). The van der Waals surface area contributed by atoms with Gasteiger partial charge in [0.15, 0.2) is 0 Å². The largest absolute Gasteiger partial charge is 0.492 e. The molecule has 0 saturated carbocycles. The molecule has 0 radical (unpaired) electrons. The van der Waals surface area contributed by atoms with E-state index < -0.39 is 0 Å². The molecule has 3 atom stereocenters. The lowest BCUT2D eigenvalue weighted by Gasteiger charge is -2.30. The zero-order valence-electron chi connectivity index (χ0n) is 18.9. The minimum atomic E-state index is 0.154. The van der Waals surface area contributed by atoms with E-state index >= 15 is 0 Å². The molecule has 0 aromatic heterocycles. The molecule has 3 fully saturated rings. The minimum absolute atomic E-state index is 0.154. The second-order valence-electron chi connectivity index (χ2n) is 9.46. The van der Waals surface area contributed by atoms with E-state index in [0.29, 0.717) is 18.7 Å². The predicted octanol–water partition coefficient (Wildman–Crippen LogP) is 4.26. The number of carbonyl (C=O) groups is 1. The van der Waals surface area contributed by atoms with Crippen LogP contribution in [-0.2, 0) is 0 Å². The first-order valence-corrected chi connectivity index (χ1v) is 12.3. The molecule has 1 amide bonds. The Morgan fingerprint density at radius 3 is 2.47 bits per heavy atom. The first kappa shape index (κ1) is 21.5. The molecule has 0 unspecified atom stereocenters. The van der Waals surface area contributed by atoms with Crippen molar-refractivity contribution < 1.29 is 9.53 Å². The summed E-state index contributed by atoms with van der Waals surface area (Å²) in [6, 6.07) is 19.4. The van der Waals surface area contributed by atoms with E-state index in [1.807, 2.05) is 24.3 Å². The lowest BCUT2D eigenvalue weighted by atomic mass is 10.00. The van der Waals surface area contributed by atoms with Crippen LogP contribution in [0, 0.1) is 0 Å². The van der Waals surface area contributed by atoms with Gasteiger partial charge in [0.25, 0.3) is 5.91 Å². The maximum atomic E-state index is 13.5. The fourth-order valence-electron chi connectivity index (χ4n) is 5.60. The topological polar surface area (TPSA) is 44.8 Å². The molecule has 2 aromatic rings. The number of hydrogen-bond donors (Lipinski definition) is 1. The molecular weight excluding hydrogens is 398 g/mol. The van der Waals surface area contributed by atoms with Crippen molar-refractivity contribution >= 4 is 5.91 Å². The van der Waals surface area contributed by atoms with Gasteiger partial charge in [0.05, 0.1) is 0 Å². The van der Waals surface area contributed by atoms with Gasteiger partial charge in [-0.15, -0.1) is 0 Å². The fourth-order valence-corrected chi connectivity index (χ4v) is 5.60. The van der Waals surface area contributed by atoms with Gasteiger partial charge >= 0.3 is 0 Å². The minimum Gasteiger partial charge on any atom is -0.492 e. The van der Waals surface area contributed by atoms with Crippen LogP contribution in [0.15, 0.2) is 54.6 Å². The van der Waals surface area contributed by atoms with Gasteiger partial charge in [-0.05, 0) is 75.0 Å². The summed E-state index contributed by atoms with van der Waals surface area (Å²) in [5.41, 5.74) is 2.09. The highest BCUT2D eigenvalue weighted by atomic mass is 16.5. The summed E-state index contributed by atoms with van der Waals surface area (Å²) < 4.78 is 5.92. The van der Waals surface area contributed by atoms with Gasteiger partial charge in [0.2, 0.25) is 0 Å². The summed E-state index contributed by atoms with van der Waals surface area (Å²) in [5.74, 6) is 1.00. The van der Waals surface area contributed by atoms with Crippen molar-refractivity contribution in [3.05, 3.63) is 65.7 Å². The van der Waals surface area contributed by atoms with Gasteiger partial charge in [-0.1, -0.05) is 36.8 Å². The number of likely N-dealkylation sites (tertiary alicyclic amines) is 2. The van der Waals surface area contributed by atoms with Crippen LogP contribution in [0.5, 0.6) is 5.75 Å². The number of nitrogens with one attached hydrogen (secondary N) is 1. The smallest absolute Gasteiger partial charge is 0.254 e. The van der Waals surface area contributed by atoms with Crippen LogP contribution < -0.4 is 10.1 Å². The van der Waals surface area contributed by atoms with E-state index in [9.17, 15) is 4.79 Å². The predicted molar refractivity (Wildman–Crippen MR) is 127 cm³/mol. The molecule has 32 heavy (non-hydrogen) atoms. The molecular formula is C27H35N3O2. The molecule has 5 heteroatoms. The third kappa shape index (κ3) is 4.84. The molecule has 0 spiro atoms. The molecule has 170 valence electrons. The normalized spacial score (nSPS) is 26.0. The maximum absolute atomic E-state index is 13.5. The first-order valence-electron chi connectivity index (χ1n) is 12.3. The molecule has 0 aliphatic carbocycles. The van der Waals surface area contributed by atoms with Crippen molar-refractivity contribution in [2.75, 3.05) is 32.8 Å². The second-order valence-corrected chi connectivity index (χ2v) is 9.46. The number of carbonyl (C=O) groups excluding carboxylic acids is 1. The van der Waals surface area contributed by atoms with Crippen molar-refractivity contribution in [3.8, 4) is 5.75 Å². The van der Waals surface area contributed by atoms with Crippen LogP contribution in [0.1, 0.15) is 60.5 Å². The number of amides is 1. The number of hydrogen-bond acceptors (Lipinski definition) is 4. The number of benzene rings is 2. The Labute approximate surface area is 191 Å². The van der Waals surface area contributed by atoms with Crippen molar-refractivity contribution in [1.82, 2.24) is 15.1 Å².